The summed E-state index contributed by atoms with van der Waals surface area (Å²) in [6.45, 7) is 2.01. The van der Waals surface area contributed by atoms with E-state index in [9.17, 15) is 14.4 Å². The number of esters is 1. The Morgan fingerprint density at radius 2 is 1.63 bits per heavy atom. The second kappa shape index (κ2) is 7.63. The molecule has 2 amide bonds. The third-order valence-corrected chi connectivity index (χ3v) is 4.42. The summed E-state index contributed by atoms with van der Waals surface area (Å²) in [4.78, 5) is 37.5. The van der Waals surface area contributed by atoms with Crippen LogP contribution in [0.2, 0.25) is 0 Å². The average molecular weight is 386 g/mol. The molecule has 0 saturated carbocycles. The molecule has 0 unspecified atom stereocenters. The van der Waals surface area contributed by atoms with Crippen molar-refractivity contribution in [2.24, 2.45) is 0 Å². The van der Waals surface area contributed by atoms with Crippen molar-refractivity contribution in [3.05, 3.63) is 70.4 Å². The predicted octanol–water partition coefficient (Wildman–Crippen LogP) is 3.44. The van der Waals surface area contributed by atoms with Crippen LogP contribution in [0.3, 0.4) is 0 Å². The standard InChI is InChI=1S/C20H16ClNO5/c1-3-12-4-8-14(9-5-12)22-18(23)16(21)17(19(22)24)27-15-10-6-13(7-11-15)20(25)26-2/h4-11H,3H2,1-2H3. The van der Waals surface area contributed by atoms with E-state index in [2.05, 4.69) is 4.74 Å². The lowest BCUT2D eigenvalue weighted by molar-refractivity contribution is -0.121. The van der Waals surface area contributed by atoms with Crippen LogP contribution in [0.5, 0.6) is 5.75 Å². The highest BCUT2D eigenvalue weighted by Gasteiger charge is 2.40. The number of carbonyl (C=O) groups excluding carboxylic acids is 3. The zero-order chi connectivity index (χ0) is 19.6. The minimum atomic E-state index is -0.647. The van der Waals surface area contributed by atoms with Gasteiger partial charge in [0.1, 0.15) is 5.75 Å². The summed E-state index contributed by atoms with van der Waals surface area (Å²) in [7, 11) is 1.28. The third kappa shape index (κ3) is 3.57. The van der Waals surface area contributed by atoms with Gasteiger partial charge < -0.3 is 9.47 Å². The second-order valence-corrected chi connectivity index (χ2v) is 6.10. The van der Waals surface area contributed by atoms with Gasteiger partial charge in [0.05, 0.1) is 18.4 Å². The van der Waals surface area contributed by atoms with Crippen LogP contribution in [0.1, 0.15) is 22.8 Å². The van der Waals surface area contributed by atoms with Crippen molar-refractivity contribution in [3.63, 3.8) is 0 Å². The maximum atomic E-state index is 12.7. The van der Waals surface area contributed by atoms with Crippen molar-refractivity contribution in [1.29, 1.82) is 0 Å². The topological polar surface area (TPSA) is 72.9 Å². The number of imide groups is 1. The van der Waals surface area contributed by atoms with E-state index in [4.69, 9.17) is 16.3 Å². The molecule has 2 aromatic carbocycles. The van der Waals surface area contributed by atoms with Gasteiger partial charge >= 0.3 is 11.9 Å². The summed E-state index contributed by atoms with van der Waals surface area (Å²) < 4.78 is 10.1. The van der Waals surface area contributed by atoms with Gasteiger partial charge in [0, 0.05) is 0 Å². The van der Waals surface area contributed by atoms with E-state index in [1.807, 2.05) is 19.1 Å². The number of ether oxygens (including phenoxy) is 2. The largest absolute Gasteiger partial charge is 0.465 e. The molecule has 0 radical (unpaired) electrons. The molecule has 0 bridgehead atoms. The van der Waals surface area contributed by atoms with Crippen LogP contribution in [0, 0.1) is 0 Å². The van der Waals surface area contributed by atoms with E-state index < -0.39 is 17.8 Å². The summed E-state index contributed by atoms with van der Waals surface area (Å²) in [6.07, 6.45) is 0.844. The average Bonchev–Trinajstić information content (AvgIpc) is 2.91. The summed E-state index contributed by atoms with van der Waals surface area (Å²) >= 11 is 6.05. The summed E-state index contributed by atoms with van der Waals surface area (Å²) in [6, 6.07) is 13.0. The molecule has 1 heterocycles. The van der Waals surface area contributed by atoms with Gasteiger partial charge in [0.2, 0.25) is 5.76 Å². The number of halogens is 1. The Hall–Kier alpha value is -3.12. The highest BCUT2D eigenvalue weighted by molar-refractivity contribution is 6.52. The van der Waals surface area contributed by atoms with Crippen molar-refractivity contribution in [1.82, 2.24) is 0 Å². The van der Waals surface area contributed by atoms with Crippen LogP contribution >= 0.6 is 11.6 Å². The lowest BCUT2D eigenvalue weighted by Gasteiger charge is -2.15. The maximum absolute atomic E-state index is 12.7. The van der Waals surface area contributed by atoms with Crippen molar-refractivity contribution < 1.29 is 23.9 Å². The molecule has 6 nitrogen and oxygen atoms in total. The van der Waals surface area contributed by atoms with Gasteiger partial charge in [-0.3, -0.25) is 9.59 Å². The number of hydrogen-bond acceptors (Lipinski definition) is 5. The Morgan fingerprint density at radius 1 is 1.00 bits per heavy atom. The first-order valence-corrected chi connectivity index (χ1v) is 8.57. The number of anilines is 1. The Morgan fingerprint density at radius 3 is 2.19 bits per heavy atom. The number of hydrogen-bond donors (Lipinski definition) is 0. The fourth-order valence-electron chi connectivity index (χ4n) is 2.58. The van der Waals surface area contributed by atoms with E-state index in [1.54, 1.807) is 12.1 Å². The lowest BCUT2D eigenvalue weighted by atomic mass is 10.1. The first-order chi connectivity index (χ1) is 13.0. The molecule has 0 fully saturated rings. The number of amides is 2. The molecule has 1 aliphatic heterocycles. The first kappa shape index (κ1) is 18.7. The van der Waals surface area contributed by atoms with Crippen LogP contribution in [0.15, 0.2) is 59.3 Å². The van der Waals surface area contributed by atoms with Crippen molar-refractivity contribution in [2.45, 2.75) is 13.3 Å². The third-order valence-electron chi connectivity index (χ3n) is 4.09. The summed E-state index contributed by atoms with van der Waals surface area (Å²) in [5, 5.41) is -0.295. The second-order valence-electron chi connectivity index (χ2n) is 5.73. The number of methoxy groups -OCH3 is 1. The Balaban J connectivity index is 1.82. The van der Waals surface area contributed by atoms with E-state index in [0.29, 0.717) is 11.3 Å². The van der Waals surface area contributed by atoms with Crippen LogP contribution in [0.4, 0.5) is 5.69 Å². The number of carbonyl (C=O) groups is 3. The molecule has 138 valence electrons. The molecule has 0 saturated heterocycles. The van der Waals surface area contributed by atoms with Crippen LogP contribution in [-0.2, 0) is 20.7 Å². The van der Waals surface area contributed by atoms with Gasteiger partial charge in [-0.2, -0.15) is 0 Å². The Kier molecular flexibility index (Phi) is 5.28. The lowest BCUT2D eigenvalue weighted by Crippen LogP contribution is -2.31. The fraction of sp³-hybridized carbons (Fsp3) is 0.150. The summed E-state index contributed by atoms with van der Waals surface area (Å²) in [5.41, 5.74) is 1.83. The predicted molar refractivity (Wildman–Crippen MR) is 99.6 cm³/mol. The molecular formula is C20H16ClNO5. The molecule has 0 aromatic heterocycles. The number of rotatable bonds is 5. The van der Waals surface area contributed by atoms with Gasteiger partial charge in [-0.15, -0.1) is 0 Å². The van der Waals surface area contributed by atoms with E-state index in [0.717, 1.165) is 16.9 Å². The van der Waals surface area contributed by atoms with Crippen molar-refractivity contribution >= 4 is 35.1 Å². The minimum absolute atomic E-state index is 0.257. The highest BCUT2D eigenvalue weighted by Crippen LogP contribution is 2.31. The van der Waals surface area contributed by atoms with Gasteiger partial charge in [0.15, 0.2) is 5.03 Å². The molecule has 2 aromatic rings. The fourth-order valence-corrected chi connectivity index (χ4v) is 2.79. The van der Waals surface area contributed by atoms with Crippen molar-refractivity contribution in [2.75, 3.05) is 12.0 Å². The van der Waals surface area contributed by atoms with Gasteiger partial charge in [-0.1, -0.05) is 30.7 Å². The Labute approximate surface area is 160 Å². The zero-order valence-corrected chi connectivity index (χ0v) is 15.4. The number of nitrogens with zero attached hydrogens (tertiary/aromatic N) is 1. The smallest absolute Gasteiger partial charge is 0.337 e. The molecule has 0 N–H and O–H groups in total. The molecule has 3 rings (SSSR count). The molecule has 0 spiro atoms. The minimum Gasteiger partial charge on any atom is -0.465 e. The molecule has 0 aliphatic carbocycles. The number of aryl methyl sites for hydroxylation is 1. The van der Waals surface area contributed by atoms with Crippen LogP contribution in [0.25, 0.3) is 0 Å². The maximum Gasteiger partial charge on any atom is 0.337 e. The normalized spacial score (nSPS) is 14.0. The van der Waals surface area contributed by atoms with E-state index in [1.165, 1.54) is 31.4 Å². The highest BCUT2D eigenvalue weighted by atomic mass is 35.5. The first-order valence-electron chi connectivity index (χ1n) is 8.20. The van der Waals surface area contributed by atoms with E-state index >= 15 is 0 Å². The van der Waals surface area contributed by atoms with Crippen LogP contribution in [-0.4, -0.2) is 24.9 Å². The Bertz CT molecular complexity index is 932. The van der Waals surface area contributed by atoms with Gasteiger partial charge in [0.25, 0.3) is 5.91 Å². The monoisotopic (exact) mass is 385 g/mol. The zero-order valence-electron chi connectivity index (χ0n) is 14.7. The van der Waals surface area contributed by atoms with Crippen molar-refractivity contribution in [3.8, 4) is 5.75 Å². The number of benzene rings is 2. The molecular weight excluding hydrogens is 370 g/mol. The molecule has 7 heteroatoms. The quantitative estimate of drug-likeness (QED) is 0.582. The molecule has 0 atom stereocenters. The van der Waals surface area contributed by atoms with E-state index in [-0.39, 0.29) is 16.5 Å². The molecule has 27 heavy (non-hydrogen) atoms. The SMILES string of the molecule is CCc1ccc(N2C(=O)C(Cl)=C(Oc3ccc(C(=O)OC)cc3)C2=O)cc1. The van der Waals surface area contributed by atoms with Gasteiger partial charge in [-0.25, -0.2) is 9.69 Å². The van der Waals surface area contributed by atoms with Crippen LogP contribution < -0.4 is 9.64 Å². The molecule has 1 aliphatic rings. The van der Waals surface area contributed by atoms with Gasteiger partial charge in [-0.05, 0) is 48.4 Å². The summed E-state index contributed by atoms with van der Waals surface area (Å²) in [5.74, 6) is -1.78.